The molecule has 2 aliphatic heterocycles. The average Bonchev–Trinajstić information content (AvgIpc) is 3.61. The first-order valence-corrected chi connectivity index (χ1v) is 13.6. The van der Waals surface area contributed by atoms with Crippen LogP contribution >= 0.6 is 11.3 Å². The summed E-state index contributed by atoms with van der Waals surface area (Å²) in [6, 6.07) is 14.9. The first-order chi connectivity index (χ1) is 18.5. The predicted octanol–water partition coefficient (Wildman–Crippen LogP) is 4.47. The van der Waals surface area contributed by atoms with Crippen LogP contribution in [0.25, 0.3) is 0 Å². The van der Waals surface area contributed by atoms with Gasteiger partial charge in [0.1, 0.15) is 18.9 Å². The quantitative estimate of drug-likeness (QED) is 0.356. The third-order valence-corrected chi connectivity index (χ3v) is 7.85. The average molecular weight is 537 g/mol. The summed E-state index contributed by atoms with van der Waals surface area (Å²) in [5.41, 5.74) is 2.74. The molecule has 0 unspecified atom stereocenters. The van der Waals surface area contributed by atoms with E-state index in [0.717, 1.165) is 23.3 Å². The summed E-state index contributed by atoms with van der Waals surface area (Å²) in [4.78, 5) is 32.0. The number of carbonyl (C=O) groups excluding carboxylic acids is 2. The lowest BCUT2D eigenvalue weighted by Gasteiger charge is -2.37. The molecule has 1 atom stereocenters. The van der Waals surface area contributed by atoms with Crippen LogP contribution in [0.1, 0.15) is 38.8 Å². The van der Waals surface area contributed by atoms with E-state index >= 15 is 0 Å². The molecular formula is C29H32N2O6S. The first-order valence-electron chi connectivity index (χ1n) is 12.8. The van der Waals surface area contributed by atoms with Crippen LogP contribution in [-0.4, -0.2) is 68.4 Å². The molecule has 200 valence electrons. The van der Waals surface area contributed by atoms with Gasteiger partial charge in [-0.3, -0.25) is 9.59 Å². The van der Waals surface area contributed by atoms with E-state index in [1.807, 2.05) is 36.1 Å². The Balaban J connectivity index is 1.33. The molecule has 0 spiro atoms. The number of hydrogen-bond acceptors (Lipinski definition) is 7. The SMILES string of the molecule is COCCCN(CC(=O)N1CCc2sccc2[C@@H]1COc1ccc(C)cc1)C(=O)c1ccc2c(c1)OCO2. The first kappa shape index (κ1) is 26.1. The molecule has 8 nitrogen and oxygen atoms in total. The zero-order valence-corrected chi connectivity index (χ0v) is 22.5. The molecule has 0 aliphatic carbocycles. The van der Waals surface area contributed by atoms with E-state index in [9.17, 15) is 9.59 Å². The van der Waals surface area contributed by atoms with Crippen LogP contribution in [0.3, 0.4) is 0 Å². The van der Waals surface area contributed by atoms with Crippen molar-refractivity contribution in [3.63, 3.8) is 0 Å². The second kappa shape index (κ2) is 11.9. The van der Waals surface area contributed by atoms with Gasteiger partial charge in [-0.25, -0.2) is 0 Å². The summed E-state index contributed by atoms with van der Waals surface area (Å²) in [5.74, 6) is 1.58. The van der Waals surface area contributed by atoms with Gasteiger partial charge < -0.3 is 28.7 Å². The molecule has 0 saturated heterocycles. The van der Waals surface area contributed by atoms with Crippen LogP contribution in [0.5, 0.6) is 17.2 Å². The van der Waals surface area contributed by atoms with Gasteiger partial charge >= 0.3 is 0 Å². The van der Waals surface area contributed by atoms with E-state index in [1.54, 1.807) is 41.5 Å². The van der Waals surface area contributed by atoms with Crippen molar-refractivity contribution in [2.75, 3.05) is 46.8 Å². The fourth-order valence-electron chi connectivity index (χ4n) is 4.80. The number of aryl methyl sites for hydroxylation is 1. The van der Waals surface area contributed by atoms with Crippen molar-refractivity contribution < 1.29 is 28.5 Å². The van der Waals surface area contributed by atoms with Gasteiger partial charge in [0.15, 0.2) is 11.5 Å². The Kier molecular flexibility index (Phi) is 8.14. The number of nitrogens with zero attached hydrogens (tertiary/aromatic N) is 2. The zero-order valence-electron chi connectivity index (χ0n) is 21.7. The standard InChI is InChI=1S/C29H32N2O6S/c1-20-4-7-22(8-5-20)35-18-24-23-11-15-38-27(23)10-13-31(24)28(32)17-30(12-3-14-34-2)29(33)21-6-9-25-26(16-21)37-19-36-25/h4-9,11,15-16,24H,3,10,12-14,17-19H2,1-2H3/t24-/m0/s1. The van der Waals surface area contributed by atoms with Crippen LogP contribution in [-0.2, 0) is 16.0 Å². The highest BCUT2D eigenvalue weighted by Crippen LogP contribution is 2.35. The van der Waals surface area contributed by atoms with E-state index in [0.29, 0.717) is 49.8 Å². The maximum atomic E-state index is 13.8. The molecule has 2 aliphatic rings. The third kappa shape index (κ3) is 5.79. The summed E-state index contributed by atoms with van der Waals surface area (Å²) in [5, 5.41) is 2.07. The zero-order chi connectivity index (χ0) is 26.5. The van der Waals surface area contributed by atoms with E-state index in [1.165, 1.54) is 4.88 Å². The Hall–Kier alpha value is -3.56. The Morgan fingerprint density at radius 3 is 2.74 bits per heavy atom. The van der Waals surface area contributed by atoms with Gasteiger partial charge in [0, 0.05) is 37.2 Å². The minimum atomic E-state index is -0.228. The number of fused-ring (bicyclic) bond motifs is 2. The number of benzene rings is 2. The molecule has 0 radical (unpaired) electrons. The fraction of sp³-hybridized carbons (Fsp3) is 0.379. The molecular weight excluding hydrogens is 504 g/mol. The van der Waals surface area contributed by atoms with Gasteiger partial charge in [-0.1, -0.05) is 17.7 Å². The van der Waals surface area contributed by atoms with Gasteiger partial charge in [0.25, 0.3) is 5.91 Å². The maximum Gasteiger partial charge on any atom is 0.254 e. The highest BCUT2D eigenvalue weighted by molar-refractivity contribution is 7.10. The minimum absolute atomic E-state index is 0.0303. The monoisotopic (exact) mass is 536 g/mol. The molecule has 1 aromatic heterocycles. The number of carbonyl (C=O) groups is 2. The number of methoxy groups -OCH3 is 1. The number of rotatable bonds is 10. The number of ether oxygens (including phenoxy) is 4. The molecule has 0 saturated carbocycles. The Labute approximate surface area is 226 Å². The van der Waals surface area contributed by atoms with Crippen molar-refractivity contribution in [3.8, 4) is 17.2 Å². The number of thiophene rings is 1. The molecule has 0 N–H and O–H groups in total. The molecule has 2 aromatic carbocycles. The van der Waals surface area contributed by atoms with Gasteiger partial charge in [0.2, 0.25) is 12.7 Å². The lowest BCUT2D eigenvalue weighted by molar-refractivity contribution is -0.135. The van der Waals surface area contributed by atoms with Gasteiger partial charge in [-0.15, -0.1) is 11.3 Å². The van der Waals surface area contributed by atoms with Crippen molar-refractivity contribution in [2.45, 2.75) is 25.8 Å². The lowest BCUT2D eigenvalue weighted by Crippen LogP contribution is -2.48. The third-order valence-electron chi connectivity index (χ3n) is 6.85. The molecule has 0 bridgehead atoms. The van der Waals surface area contributed by atoms with E-state index in [-0.39, 0.29) is 31.2 Å². The van der Waals surface area contributed by atoms with E-state index < -0.39 is 0 Å². The summed E-state index contributed by atoms with van der Waals surface area (Å²) in [6.45, 7) is 3.96. The lowest BCUT2D eigenvalue weighted by atomic mass is 10.00. The number of amides is 2. The van der Waals surface area contributed by atoms with Crippen molar-refractivity contribution in [3.05, 3.63) is 75.5 Å². The van der Waals surface area contributed by atoms with Crippen LogP contribution in [0.4, 0.5) is 0 Å². The second-order valence-corrected chi connectivity index (χ2v) is 10.4. The molecule has 9 heteroatoms. The summed E-state index contributed by atoms with van der Waals surface area (Å²) in [6.07, 6.45) is 1.41. The van der Waals surface area contributed by atoms with Crippen molar-refractivity contribution in [1.29, 1.82) is 0 Å². The normalized spacial score (nSPS) is 15.7. The summed E-state index contributed by atoms with van der Waals surface area (Å²) in [7, 11) is 1.62. The Morgan fingerprint density at radius 1 is 1.11 bits per heavy atom. The van der Waals surface area contributed by atoms with E-state index in [2.05, 4.69) is 11.4 Å². The maximum absolute atomic E-state index is 13.8. The predicted molar refractivity (Wildman–Crippen MR) is 144 cm³/mol. The van der Waals surface area contributed by atoms with Crippen LogP contribution in [0, 0.1) is 6.92 Å². The molecule has 2 amide bonds. The largest absolute Gasteiger partial charge is 0.491 e. The number of hydrogen-bond donors (Lipinski definition) is 0. The summed E-state index contributed by atoms with van der Waals surface area (Å²) >= 11 is 1.71. The van der Waals surface area contributed by atoms with Crippen LogP contribution in [0.15, 0.2) is 53.9 Å². The van der Waals surface area contributed by atoms with E-state index in [4.69, 9.17) is 18.9 Å². The smallest absolute Gasteiger partial charge is 0.254 e. The molecule has 38 heavy (non-hydrogen) atoms. The molecule has 3 heterocycles. The molecule has 0 fully saturated rings. The highest BCUT2D eigenvalue weighted by Gasteiger charge is 2.34. The fourth-order valence-corrected chi connectivity index (χ4v) is 5.73. The van der Waals surface area contributed by atoms with Gasteiger partial charge in [-0.05, 0) is 67.1 Å². The van der Waals surface area contributed by atoms with Crippen LogP contribution < -0.4 is 14.2 Å². The molecule has 5 rings (SSSR count). The van der Waals surface area contributed by atoms with Crippen molar-refractivity contribution in [1.82, 2.24) is 9.80 Å². The van der Waals surface area contributed by atoms with Crippen molar-refractivity contribution >= 4 is 23.2 Å². The topological polar surface area (TPSA) is 77.5 Å². The highest BCUT2D eigenvalue weighted by atomic mass is 32.1. The van der Waals surface area contributed by atoms with Gasteiger partial charge in [0.05, 0.1) is 6.04 Å². The minimum Gasteiger partial charge on any atom is -0.491 e. The Morgan fingerprint density at radius 2 is 1.92 bits per heavy atom. The van der Waals surface area contributed by atoms with Gasteiger partial charge in [-0.2, -0.15) is 0 Å². The van der Waals surface area contributed by atoms with Crippen molar-refractivity contribution in [2.24, 2.45) is 0 Å². The van der Waals surface area contributed by atoms with Crippen LogP contribution in [0.2, 0.25) is 0 Å². The second-order valence-electron chi connectivity index (χ2n) is 9.42. The summed E-state index contributed by atoms with van der Waals surface area (Å²) < 4.78 is 22.2. The molecule has 3 aromatic rings. The Bertz CT molecular complexity index is 1270.